The molecule has 0 amide bonds. The summed E-state index contributed by atoms with van der Waals surface area (Å²) in [5.41, 5.74) is -0.766. The fraction of sp³-hybridized carbons (Fsp3) is 0.476. The van der Waals surface area contributed by atoms with Crippen molar-refractivity contribution in [2.75, 3.05) is 13.7 Å². The summed E-state index contributed by atoms with van der Waals surface area (Å²) < 4.78 is 74.0. The van der Waals surface area contributed by atoms with E-state index in [-0.39, 0.29) is 48.5 Å². The number of hydrogen-bond donors (Lipinski definition) is 1. The van der Waals surface area contributed by atoms with Crippen molar-refractivity contribution < 1.29 is 99.9 Å². The number of phenols is 1. The zero-order valence-electron chi connectivity index (χ0n) is 36.6. The maximum Gasteiger partial charge on any atom is 0.308 e. The lowest BCUT2D eigenvalue weighted by atomic mass is 9.97. The van der Waals surface area contributed by atoms with E-state index in [0.29, 0.717) is 0 Å². The van der Waals surface area contributed by atoms with Gasteiger partial charge in [-0.05, 0) is 57.0 Å². The highest BCUT2D eigenvalue weighted by Crippen LogP contribution is 2.48. The van der Waals surface area contributed by atoms with Crippen molar-refractivity contribution in [3.05, 3.63) is 43.4 Å². The second-order valence-electron chi connectivity index (χ2n) is 14.6. The molecule has 3 heterocycles. The van der Waals surface area contributed by atoms with Crippen LogP contribution in [0.4, 0.5) is 0 Å². The van der Waals surface area contributed by atoms with E-state index in [1.54, 1.807) is 0 Å². The lowest BCUT2D eigenvalue weighted by molar-refractivity contribution is -0.323. The highest BCUT2D eigenvalue weighted by molar-refractivity contribution is 9.11. The number of carbonyl (C=O) groups is 7. The minimum atomic E-state index is -1.86. The van der Waals surface area contributed by atoms with Crippen LogP contribution in [0.1, 0.15) is 55.4 Å². The average Bonchev–Trinajstić information content (AvgIpc) is 3.21. The summed E-state index contributed by atoms with van der Waals surface area (Å²) in [6.07, 6.45) is -15.5. The third-order valence-corrected chi connectivity index (χ3v) is 10.9. The quantitative estimate of drug-likeness (QED) is 0.135. The molecule has 2 aliphatic rings. The molecule has 2 aliphatic heterocycles. The number of rotatable bonds is 14. The molecule has 0 bridgehead atoms. The highest BCUT2D eigenvalue weighted by atomic mass is 79.9. The van der Waals surface area contributed by atoms with Crippen LogP contribution in [-0.2, 0) is 76.2 Å². The van der Waals surface area contributed by atoms with Crippen molar-refractivity contribution in [2.45, 2.75) is 117 Å². The monoisotopic (exact) mass is 1060 g/mol. The molecular weight excluding hydrogens is 1020 g/mol. The van der Waals surface area contributed by atoms with Crippen LogP contribution >= 0.6 is 31.9 Å². The summed E-state index contributed by atoms with van der Waals surface area (Å²) >= 11 is 6.64. The molecule has 0 spiro atoms. The van der Waals surface area contributed by atoms with Gasteiger partial charge in [0, 0.05) is 60.1 Å². The van der Waals surface area contributed by atoms with E-state index >= 15 is 0 Å². The highest BCUT2D eigenvalue weighted by Gasteiger charge is 2.55. The largest absolute Gasteiger partial charge is 0.506 e. The molecule has 5 rings (SSSR count). The first-order valence-electron chi connectivity index (χ1n) is 19.7. The number of halogens is 2. The lowest BCUT2D eigenvalue weighted by Crippen LogP contribution is -2.64. The third-order valence-electron chi connectivity index (χ3n) is 9.48. The molecule has 2 saturated heterocycles. The molecule has 1 aromatic heterocycles. The third kappa shape index (κ3) is 11.9. The number of phenolic OH excluding ortho intramolecular Hbond substituents is 1. The van der Waals surface area contributed by atoms with Crippen molar-refractivity contribution >= 4 is 84.6 Å². The first-order valence-corrected chi connectivity index (χ1v) is 21.3. The van der Waals surface area contributed by atoms with Crippen LogP contribution in [0, 0.1) is 0 Å². The molecule has 24 heteroatoms. The van der Waals surface area contributed by atoms with Gasteiger partial charge in [0.1, 0.15) is 31.9 Å². The molecule has 0 saturated carbocycles. The zero-order valence-corrected chi connectivity index (χ0v) is 39.7. The van der Waals surface area contributed by atoms with Crippen molar-refractivity contribution in [1.82, 2.24) is 0 Å². The molecule has 22 nitrogen and oxygen atoms in total. The van der Waals surface area contributed by atoms with Crippen LogP contribution in [0.2, 0.25) is 0 Å². The molecule has 0 radical (unpaired) electrons. The van der Waals surface area contributed by atoms with E-state index in [2.05, 4.69) is 31.9 Å². The van der Waals surface area contributed by atoms with E-state index in [9.17, 15) is 43.5 Å². The number of aromatic hydroxyl groups is 1. The summed E-state index contributed by atoms with van der Waals surface area (Å²) in [6.45, 7) is 8.26. The second-order valence-corrected chi connectivity index (χ2v) is 16.2. The van der Waals surface area contributed by atoms with Crippen molar-refractivity contribution in [3.63, 3.8) is 0 Å². The molecule has 3 aromatic rings. The Bertz CT molecular complexity index is 2450. The normalized spacial score (nSPS) is 24.8. The Morgan fingerprint density at radius 1 is 0.636 bits per heavy atom. The fourth-order valence-electron chi connectivity index (χ4n) is 7.09. The Balaban J connectivity index is 1.61. The number of carbonyl (C=O) groups excluding carboxylic acids is 7. The van der Waals surface area contributed by atoms with Gasteiger partial charge in [-0.3, -0.25) is 38.4 Å². The van der Waals surface area contributed by atoms with Crippen LogP contribution in [0.5, 0.6) is 23.0 Å². The van der Waals surface area contributed by atoms with Crippen LogP contribution in [-0.4, -0.2) is 122 Å². The summed E-state index contributed by atoms with van der Waals surface area (Å²) in [6, 6.07) is 5.44. The molecule has 0 aliphatic carbocycles. The topological polar surface area (TPSA) is 281 Å². The number of hydrogen-bond acceptors (Lipinski definition) is 22. The Kier molecular flexibility index (Phi) is 16.8. The van der Waals surface area contributed by atoms with Gasteiger partial charge in [0.15, 0.2) is 65.1 Å². The summed E-state index contributed by atoms with van der Waals surface area (Å²) in [5, 5.41) is 11.1. The van der Waals surface area contributed by atoms with Gasteiger partial charge < -0.3 is 66.4 Å². The van der Waals surface area contributed by atoms with Crippen molar-refractivity contribution in [3.8, 4) is 34.3 Å². The molecule has 0 unspecified atom stereocenters. The maximum atomic E-state index is 13.6. The number of esters is 7. The Labute approximate surface area is 391 Å². The number of fused-ring (bicyclic) bond motifs is 1. The molecule has 10 atom stereocenters. The Hall–Kier alpha value is -5.82. The van der Waals surface area contributed by atoms with Gasteiger partial charge in [-0.2, -0.15) is 0 Å². The SMILES string of the molecule is COc1ccc(-c2cc(=O)c3c(O)c(Br)c(O[C@@H]4O[C@H](CO[C@@H]5O[C@@H](C)[C@H](OC(C)=O)[C@@H](OC(C)=O)[C@H]5OC(C)=O)[C@@H](OC(C)=O)[C@H](OC(C)=O)[C@H]4OC(C)=O)c(Br)c3o2)cc1OC(C)=O. The minimum absolute atomic E-state index is 0.00716. The summed E-state index contributed by atoms with van der Waals surface area (Å²) in [4.78, 5) is 100. The molecule has 2 aromatic carbocycles. The van der Waals surface area contributed by atoms with Crippen LogP contribution in [0.25, 0.3) is 22.3 Å². The van der Waals surface area contributed by atoms with Crippen molar-refractivity contribution in [2.24, 2.45) is 0 Å². The number of methoxy groups -OCH3 is 1. The Morgan fingerprint density at radius 3 is 1.70 bits per heavy atom. The smallest absolute Gasteiger partial charge is 0.308 e. The van der Waals surface area contributed by atoms with Crippen LogP contribution in [0.3, 0.4) is 0 Å². The lowest BCUT2D eigenvalue weighted by Gasteiger charge is -2.46. The van der Waals surface area contributed by atoms with E-state index in [0.717, 1.165) is 47.6 Å². The van der Waals surface area contributed by atoms with Gasteiger partial charge in [0.05, 0.1) is 19.8 Å². The average molecular weight is 1060 g/mol. The van der Waals surface area contributed by atoms with Gasteiger partial charge in [-0.25, -0.2) is 0 Å². The number of ether oxygens (including phenoxy) is 12. The Morgan fingerprint density at radius 2 is 1.15 bits per heavy atom. The predicted octanol–water partition coefficient (Wildman–Crippen LogP) is 4.08. The van der Waals surface area contributed by atoms with Crippen LogP contribution < -0.4 is 19.6 Å². The van der Waals surface area contributed by atoms with Gasteiger partial charge in [-0.15, -0.1) is 0 Å². The zero-order chi connectivity index (χ0) is 48.9. The standard InChI is InChI=1S/C42H44Br2O22/c1-15-33(58-17(3)46)37(60-19(5)48)39(62-21(7)50)41(56-15)55-14-28-34(59-18(4)47)38(61-20(6)49)40(63-22(8)51)42(65-28)66-36-30(43)32(53)29-24(52)13-26(64-35(29)31(36)44)23-10-11-25(54-9)27(12-23)57-16(2)45/h10-13,15,28,33-34,37-42,53H,14H2,1-9H3/t15-,28+,33-,34+,37+,38-,39+,40+,41+,42-/m0/s1. The second kappa shape index (κ2) is 21.7. The molecule has 66 heavy (non-hydrogen) atoms. The van der Waals surface area contributed by atoms with E-state index in [1.807, 2.05) is 0 Å². The van der Waals surface area contributed by atoms with E-state index < -0.39 is 121 Å². The summed E-state index contributed by atoms with van der Waals surface area (Å²) in [5.74, 6) is -6.82. The summed E-state index contributed by atoms with van der Waals surface area (Å²) in [7, 11) is 1.36. The number of benzene rings is 2. The van der Waals surface area contributed by atoms with E-state index in [4.69, 9.17) is 61.3 Å². The first kappa shape index (κ1) is 51.2. The molecule has 1 N–H and O–H groups in total. The predicted molar refractivity (Wildman–Crippen MR) is 226 cm³/mol. The fourth-order valence-corrected chi connectivity index (χ4v) is 8.42. The van der Waals surface area contributed by atoms with Gasteiger partial charge >= 0.3 is 41.8 Å². The molecule has 2 fully saturated rings. The van der Waals surface area contributed by atoms with Gasteiger partial charge in [-0.1, -0.05) is 0 Å². The van der Waals surface area contributed by atoms with E-state index in [1.165, 1.54) is 39.2 Å². The molecule has 358 valence electrons. The van der Waals surface area contributed by atoms with Crippen molar-refractivity contribution in [1.29, 1.82) is 0 Å². The van der Waals surface area contributed by atoms with Gasteiger partial charge in [0.25, 0.3) is 0 Å². The van der Waals surface area contributed by atoms with Gasteiger partial charge in [0.2, 0.25) is 12.4 Å². The minimum Gasteiger partial charge on any atom is -0.506 e. The maximum absolute atomic E-state index is 13.6. The van der Waals surface area contributed by atoms with Crippen LogP contribution in [0.15, 0.2) is 42.4 Å². The first-order chi connectivity index (χ1) is 31.0. The molecular formula is C42H44Br2O22.